The third-order valence-corrected chi connectivity index (χ3v) is 3.71. The summed E-state index contributed by atoms with van der Waals surface area (Å²) in [4.78, 5) is 21.0. The van der Waals surface area contributed by atoms with Gasteiger partial charge in [0.05, 0.1) is 17.5 Å². The second-order valence-corrected chi connectivity index (χ2v) is 5.20. The Labute approximate surface area is 136 Å². The van der Waals surface area contributed by atoms with Crippen molar-refractivity contribution < 1.29 is 9.18 Å². The maximum Gasteiger partial charge on any atom is 0.198 e. The summed E-state index contributed by atoms with van der Waals surface area (Å²) in [6.45, 7) is 0. The van der Waals surface area contributed by atoms with E-state index in [-0.39, 0.29) is 11.6 Å². The minimum atomic E-state index is -0.386. The van der Waals surface area contributed by atoms with Gasteiger partial charge in [0.25, 0.3) is 0 Å². The molecule has 5 nitrogen and oxygen atoms in total. The lowest BCUT2D eigenvalue weighted by Crippen LogP contribution is -2.03. The zero-order valence-electron chi connectivity index (χ0n) is 12.4. The van der Waals surface area contributed by atoms with Crippen molar-refractivity contribution in [2.24, 2.45) is 0 Å². The molecule has 0 atom stereocenters. The predicted octanol–water partition coefficient (Wildman–Crippen LogP) is 3.16. The van der Waals surface area contributed by atoms with Crippen molar-refractivity contribution in [3.63, 3.8) is 0 Å². The molecule has 0 unspecified atom stereocenters. The van der Waals surface area contributed by atoms with Gasteiger partial charge in [-0.15, -0.1) is 0 Å². The van der Waals surface area contributed by atoms with E-state index in [0.29, 0.717) is 16.8 Å². The third kappa shape index (κ3) is 2.34. The summed E-state index contributed by atoms with van der Waals surface area (Å²) in [6.07, 6.45) is 6.51. The number of carbonyl (C=O) groups excluding carboxylic acids is 1. The molecule has 0 aliphatic carbocycles. The number of hydrogen-bond donors (Lipinski definition) is 0. The summed E-state index contributed by atoms with van der Waals surface area (Å²) in [5.74, 6) is -0.635. The van der Waals surface area contributed by atoms with Gasteiger partial charge in [0, 0.05) is 29.7 Å². The van der Waals surface area contributed by atoms with Gasteiger partial charge in [-0.1, -0.05) is 0 Å². The molecule has 24 heavy (non-hydrogen) atoms. The zero-order chi connectivity index (χ0) is 16.5. The van der Waals surface area contributed by atoms with Crippen LogP contribution in [0.5, 0.6) is 0 Å². The Balaban J connectivity index is 1.84. The molecule has 4 aromatic rings. The first-order chi connectivity index (χ1) is 11.7. The first-order valence-corrected chi connectivity index (χ1v) is 7.27. The quantitative estimate of drug-likeness (QED) is 0.544. The highest BCUT2D eigenvalue weighted by Gasteiger charge is 2.17. The number of halogens is 1. The molecule has 0 radical (unpaired) electrons. The van der Waals surface area contributed by atoms with E-state index in [9.17, 15) is 9.18 Å². The number of carbonyl (C=O) groups is 1. The summed E-state index contributed by atoms with van der Waals surface area (Å²) in [6, 6.07) is 11.0. The standard InChI is InChI=1S/C18H11FN4O/c19-14-5-3-12(4-6-14)17(24)15-11-22-23-16(7-9-21-18(15)23)13-2-1-8-20-10-13/h1-11H. The molecule has 3 aromatic heterocycles. The van der Waals surface area contributed by atoms with E-state index < -0.39 is 0 Å². The van der Waals surface area contributed by atoms with Gasteiger partial charge in [-0.2, -0.15) is 5.10 Å². The molecule has 0 aliphatic rings. The Morgan fingerprint density at radius 2 is 1.83 bits per heavy atom. The third-order valence-electron chi connectivity index (χ3n) is 3.71. The molecule has 0 aliphatic heterocycles. The number of fused-ring (bicyclic) bond motifs is 1. The highest BCUT2D eigenvalue weighted by Crippen LogP contribution is 2.21. The average Bonchev–Trinajstić information content (AvgIpc) is 3.06. The Morgan fingerprint density at radius 3 is 2.58 bits per heavy atom. The fourth-order valence-electron chi connectivity index (χ4n) is 2.54. The van der Waals surface area contributed by atoms with Gasteiger partial charge in [-0.05, 0) is 42.5 Å². The van der Waals surface area contributed by atoms with Crippen molar-refractivity contribution in [3.8, 4) is 11.3 Å². The summed E-state index contributed by atoms with van der Waals surface area (Å²) in [7, 11) is 0. The second kappa shape index (κ2) is 5.66. The number of hydrogen-bond acceptors (Lipinski definition) is 4. The van der Waals surface area contributed by atoms with Gasteiger partial charge >= 0.3 is 0 Å². The van der Waals surface area contributed by atoms with Gasteiger partial charge in [-0.3, -0.25) is 9.78 Å². The van der Waals surface area contributed by atoms with Crippen molar-refractivity contribution in [2.45, 2.75) is 0 Å². The van der Waals surface area contributed by atoms with E-state index in [1.165, 1.54) is 30.5 Å². The lowest BCUT2D eigenvalue weighted by Gasteiger charge is -2.04. The van der Waals surface area contributed by atoms with Crippen LogP contribution in [0.4, 0.5) is 4.39 Å². The van der Waals surface area contributed by atoms with E-state index >= 15 is 0 Å². The van der Waals surface area contributed by atoms with Crippen molar-refractivity contribution in [2.75, 3.05) is 0 Å². The molecule has 3 heterocycles. The molecule has 0 saturated heterocycles. The van der Waals surface area contributed by atoms with Crippen LogP contribution in [0.25, 0.3) is 16.9 Å². The predicted molar refractivity (Wildman–Crippen MR) is 86.1 cm³/mol. The molecule has 4 rings (SSSR count). The largest absolute Gasteiger partial charge is 0.288 e. The number of pyridine rings is 1. The molecule has 0 fully saturated rings. The SMILES string of the molecule is O=C(c1ccc(F)cc1)c1cnn2c(-c3cccnc3)ccnc12. The molecule has 0 spiro atoms. The molecule has 0 saturated carbocycles. The van der Waals surface area contributed by atoms with E-state index in [1.54, 1.807) is 23.1 Å². The van der Waals surface area contributed by atoms with Crippen LogP contribution in [0, 0.1) is 5.82 Å². The highest BCUT2D eigenvalue weighted by molar-refractivity contribution is 6.12. The highest BCUT2D eigenvalue weighted by atomic mass is 19.1. The van der Waals surface area contributed by atoms with Crippen LogP contribution in [0.1, 0.15) is 15.9 Å². The van der Waals surface area contributed by atoms with Gasteiger partial charge in [0.2, 0.25) is 0 Å². The molecule has 0 amide bonds. The van der Waals surface area contributed by atoms with Crippen molar-refractivity contribution in [3.05, 3.63) is 84.2 Å². The lowest BCUT2D eigenvalue weighted by molar-refractivity contribution is 0.104. The van der Waals surface area contributed by atoms with Crippen molar-refractivity contribution >= 4 is 11.4 Å². The maximum absolute atomic E-state index is 13.0. The fraction of sp³-hybridized carbons (Fsp3) is 0. The minimum Gasteiger partial charge on any atom is -0.288 e. The Bertz CT molecular complexity index is 1030. The van der Waals surface area contributed by atoms with Crippen LogP contribution in [0.2, 0.25) is 0 Å². The van der Waals surface area contributed by atoms with Crippen LogP contribution in [-0.2, 0) is 0 Å². The second-order valence-electron chi connectivity index (χ2n) is 5.20. The molecular formula is C18H11FN4O. The first kappa shape index (κ1) is 14.2. The number of ketones is 1. The van der Waals surface area contributed by atoms with Crippen molar-refractivity contribution in [1.82, 2.24) is 19.6 Å². The molecular weight excluding hydrogens is 307 g/mol. The van der Waals surface area contributed by atoms with Crippen molar-refractivity contribution in [1.29, 1.82) is 0 Å². The number of rotatable bonds is 3. The average molecular weight is 318 g/mol. The summed E-state index contributed by atoms with van der Waals surface area (Å²) < 4.78 is 14.6. The Morgan fingerprint density at radius 1 is 1.00 bits per heavy atom. The molecule has 0 N–H and O–H groups in total. The van der Waals surface area contributed by atoms with Crippen LogP contribution in [-0.4, -0.2) is 25.4 Å². The van der Waals surface area contributed by atoms with Gasteiger partial charge in [0.15, 0.2) is 11.4 Å². The minimum absolute atomic E-state index is 0.249. The molecule has 0 bridgehead atoms. The van der Waals surface area contributed by atoms with Gasteiger partial charge < -0.3 is 0 Å². The lowest BCUT2D eigenvalue weighted by atomic mass is 10.1. The van der Waals surface area contributed by atoms with E-state index in [4.69, 9.17) is 0 Å². The molecule has 1 aromatic carbocycles. The van der Waals surface area contributed by atoms with Gasteiger partial charge in [0.1, 0.15) is 5.82 Å². The first-order valence-electron chi connectivity index (χ1n) is 7.27. The van der Waals surface area contributed by atoms with Crippen LogP contribution in [0.3, 0.4) is 0 Å². The summed E-state index contributed by atoms with van der Waals surface area (Å²) >= 11 is 0. The van der Waals surface area contributed by atoms with Crippen LogP contribution >= 0.6 is 0 Å². The van der Waals surface area contributed by atoms with Crippen LogP contribution < -0.4 is 0 Å². The molecule has 116 valence electrons. The number of nitrogens with zero attached hydrogens (tertiary/aromatic N) is 4. The van der Waals surface area contributed by atoms with E-state index in [0.717, 1.165) is 11.3 Å². The number of aromatic nitrogens is 4. The maximum atomic E-state index is 13.0. The topological polar surface area (TPSA) is 60.2 Å². The normalized spacial score (nSPS) is 10.9. The smallest absolute Gasteiger partial charge is 0.198 e. The fourth-order valence-corrected chi connectivity index (χ4v) is 2.54. The Kier molecular flexibility index (Phi) is 3.35. The summed E-state index contributed by atoms with van der Waals surface area (Å²) in [5.41, 5.74) is 2.86. The number of benzene rings is 1. The Hall–Kier alpha value is -3.41. The molecule has 6 heteroatoms. The van der Waals surface area contributed by atoms with Gasteiger partial charge in [-0.25, -0.2) is 13.9 Å². The zero-order valence-corrected chi connectivity index (χ0v) is 12.4. The van der Waals surface area contributed by atoms with E-state index in [2.05, 4.69) is 15.1 Å². The monoisotopic (exact) mass is 318 g/mol. The van der Waals surface area contributed by atoms with E-state index in [1.807, 2.05) is 18.2 Å². The van der Waals surface area contributed by atoms with Crippen LogP contribution in [0.15, 0.2) is 67.3 Å². The summed E-state index contributed by atoms with van der Waals surface area (Å²) in [5, 5.41) is 4.29.